The van der Waals surface area contributed by atoms with Crippen molar-refractivity contribution in [3.63, 3.8) is 0 Å². The molecule has 5 nitrogen and oxygen atoms in total. The van der Waals surface area contributed by atoms with Gasteiger partial charge in [-0.3, -0.25) is 4.79 Å². The first-order valence-electron chi connectivity index (χ1n) is 6.54. The van der Waals surface area contributed by atoms with Gasteiger partial charge in [-0.2, -0.15) is 11.8 Å². The molecule has 0 unspecified atom stereocenters. The molecule has 1 aromatic rings. The van der Waals surface area contributed by atoms with Crippen LogP contribution in [0.25, 0.3) is 0 Å². The number of rotatable bonds is 8. The molecule has 20 heavy (non-hydrogen) atoms. The summed E-state index contributed by atoms with van der Waals surface area (Å²) in [5.41, 5.74) is 6.61. The van der Waals surface area contributed by atoms with Crippen LogP contribution in [0.2, 0.25) is 0 Å². The highest BCUT2D eigenvalue weighted by Crippen LogP contribution is 2.05. The van der Waals surface area contributed by atoms with Crippen LogP contribution < -0.4 is 11.1 Å². The Morgan fingerprint density at radius 2 is 1.90 bits per heavy atom. The molecule has 110 valence electrons. The first-order chi connectivity index (χ1) is 9.69. The van der Waals surface area contributed by atoms with Crippen LogP contribution in [0.3, 0.4) is 0 Å². The summed E-state index contributed by atoms with van der Waals surface area (Å²) in [4.78, 5) is 11.9. The van der Waals surface area contributed by atoms with Crippen molar-refractivity contribution in [3.8, 4) is 0 Å². The Hall–Kier alpha value is -1.69. The smallest absolute Gasteiger partial charge is 0.251 e. The molecule has 0 saturated heterocycles. The van der Waals surface area contributed by atoms with Gasteiger partial charge in [0.15, 0.2) is 5.84 Å². The summed E-state index contributed by atoms with van der Waals surface area (Å²) in [6.07, 6.45) is 5.41. The fourth-order valence-corrected chi connectivity index (χ4v) is 2.20. The molecule has 0 bridgehead atoms. The topological polar surface area (TPSA) is 87.7 Å². The average molecular weight is 295 g/mol. The van der Waals surface area contributed by atoms with E-state index in [0.29, 0.717) is 17.7 Å². The SMILES string of the molecule is CSCCCCCNC(=O)c1ccc(/C(N)=N/O)cc1. The third kappa shape index (κ3) is 5.52. The summed E-state index contributed by atoms with van der Waals surface area (Å²) >= 11 is 1.84. The summed E-state index contributed by atoms with van der Waals surface area (Å²) in [6, 6.07) is 6.64. The Kier molecular flexibility index (Phi) is 7.57. The molecule has 1 rings (SSSR count). The summed E-state index contributed by atoms with van der Waals surface area (Å²) in [7, 11) is 0. The van der Waals surface area contributed by atoms with Gasteiger partial charge >= 0.3 is 0 Å². The molecule has 1 aromatic carbocycles. The summed E-state index contributed by atoms with van der Waals surface area (Å²) < 4.78 is 0. The second kappa shape index (κ2) is 9.25. The van der Waals surface area contributed by atoms with Gasteiger partial charge in [0.05, 0.1) is 0 Å². The van der Waals surface area contributed by atoms with Crippen LogP contribution in [0.15, 0.2) is 29.4 Å². The quantitative estimate of drug-likeness (QED) is 0.225. The van der Waals surface area contributed by atoms with Crippen molar-refractivity contribution < 1.29 is 10.0 Å². The molecular weight excluding hydrogens is 274 g/mol. The maximum Gasteiger partial charge on any atom is 0.251 e. The van der Waals surface area contributed by atoms with Crippen LogP contribution in [0.5, 0.6) is 0 Å². The zero-order valence-corrected chi connectivity index (χ0v) is 12.4. The van der Waals surface area contributed by atoms with Crippen molar-refractivity contribution in [1.82, 2.24) is 5.32 Å². The second-order valence-corrected chi connectivity index (χ2v) is 5.36. The van der Waals surface area contributed by atoms with Crippen LogP contribution in [0.4, 0.5) is 0 Å². The molecule has 0 heterocycles. The van der Waals surface area contributed by atoms with Crippen molar-refractivity contribution in [2.45, 2.75) is 19.3 Å². The standard InChI is InChI=1S/C14H21N3O2S/c1-20-10-4-2-3-9-16-14(18)12-7-5-11(6-8-12)13(15)17-19/h5-8,19H,2-4,9-10H2,1H3,(H2,15,17)(H,16,18). The van der Waals surface area contributed by atoms with E-state index in [1.807, 2.05) is 11.8 Å². The van der Waals surface area contributed by atoms with E-state index in [1.165, 1.54) is 12.2 Å². The van der Waals surface area contributed by atoms with Crippen molar-refractivity contribution in [2.75, 3.05) is 18.6 Å². The van der Waals surface area contributed by atoms with E-state index < -0.39 is 0 Å². The normalized spacial score (nSPS) is 11.3. The lowest BCUT2D eigenvalue weighted by Crippen LogP contribution is -2.24. The number of carbonyl (C=O) groups excluding carboxylic acids is 1. The number of carbonyl (C=O) groups is 1. The number of thioether (sulfide) groups is 1. The first kappa shape index (κ1) is 16.4. The number of nitrogens with one attached hydrogen (secondary N) is 1. The van der Waals surface area contributed by atoms with E-state index >= 15 is 0 Å². The van der Waals surface area contributed by atoms with Crippen LogP contribution in [0.1, 0.15) is 35.2 Å². The highest BCUT2D eigenvalue weighted by atomic mass is 32.2. The molecule has 0 atom stereocenters. The number of nitrogens with zero attached hydrogens (tertiary/aromatic N) is 1. The molecular formula is C14H21N3O2S. The maximum absolute atomic E-state index is 11.9. The number of unbranched alkanes of at least 4 members (excludes halogenated alkanes) is 2. The monoisotopic (exact) mass is 295 g/mol. The molecule has 0 saturated carbocycles. The number of hydrogen-bond donors (Lipinski definition) is 3. The lowest BCUT2D eigenvalue weighted by molar-refractivity contribution is 0.0953. The fourth-order valence-electron chi connectivity index (χ4n) is 1.70. The Morgan fingerprint density at radius 3 is 2.50 bits per heavy atom. The van der Waals surface area contributed by atoms with Crippen LogP contribution in [-0.2, 0) is 0 Å². The van der Waals surface area contributed by atoms with Gasteiger partial charge in [-0.05, 0) is 37.0 Å². The zero-order chi connectivity index (χ0) is 14.8. The van der Waals surface area contributed by atoms with Gasteiger partial charge in [0.25, 0.3) is 5.91 Å². The number of hydrogen-bond acceptors (Lipinski definition) is 4. The molecule has 0 aliphatic carbocycles. The van der Waals surface area contributed by atoms with E-state index in [-0.39, 0.29) is 11.7 Å². The summed E-state index contributed by atoms with van der Waals surface area (Å²) in [5.74, 6) is 1.11. The number of oxime groups is 1. The molecule has 0 aliphatic heterocycles. The minimum absolute atomic E-state index is 0.0331. The number of amidine groups is 1. The molecule has 0 radical (unpaired) electrons. The average Bonchev–Trinajstić information content (AvgIpc) is 2.50. The Balaban J connectivity index is 2.36. The molecule has 1 amide bonds. The van der Waals surface area contributed by atoms with Crippen LogP contribution in [0, 0.1) is 0 Å². The lowest BCUT2D eigenvalue weighted by atomic mass is 10.1. The third-order valence-corrected chi connectivity index (χ3v) is 3.56. The van der Waals surface area contributed by atoms with E-state index in [9.17, 15) is 4.79 Å². The molecule has 0 aromatic heterocycles. The largest absolute Gasteiger partial charge is 0.409 e. The van der Waals surface area contributed by atoms with E-state index in [0.717, 1.165) is 12.8 Å². The molecule has 0 aliphatic rings. The zero-order valence-electron chi connectivity index (χ0n) is 11.6. The van der Waals surface area contributed by atoms with E-state index in [2.05, 4.69) is 16.7 Å². The minimum atomic E-state index is -0.0964. The molecule has 0 spiro atoms. The predicted octanol–water partition coefficient (Wildman–Crippen LogP) is 2.04. The van der Waals surface area contributed by atoms with Gasteiger partial charge in [-0.1, -0.05) is 23.7 Å². The van der Waals surface area contributed by atoms with Crippen molar-refractivity contribution in [1.29, 1.82) is 0 Å². The van der Waals surface area contributed by atoms with Gasteiger partial charge in [0.1, 0.15) is 0 Å². The Labute approximate surface area is 123 Å². The van der Waals surface area contributed by atoms with Gasteiger partial charge in [-0.15, -0.1) is 0 Å². The van der Waals surface area contributed by atoms with E-state index in [4.69, 9.17) is 10.9 Å². The predicted molar refractivity (Wildman–Crippen MR) is 83.5 cm³/mol. The minimum Gasteiger partial charge on any atom is -0.409 e. The third-order valence-electron chi connectivity index (χ3n) is 2.86. The maximum atomic E-state index is 11.9. The summed E-state index contributed by atoms with van der Waals surface area (Å²) in [5, 5.41) is 14.3. The highest BCUT2D eigenvalue weighted by Gasteiger charge is 2.05. The second-order valence-electron chi connectivity index (χ2n) is 4.37. The Bertz CT molecular complexity index is 446. The van der Waals surface area contributed by atoms with Crippen LogP contribution in [-0.4, -0.2) is 35.5 Å². The fraction of sp³-hybridized carbons (Fsp3) is 0.429. The number of amides is 1. The molecule has 6 heteroatoms. The Morgan fingerprint density at radius 1 is 1.25 bits per heavy atom. The van der Waals surface area contributed by atoms with Crippen molar-refractivity contribution >= 4 is 23.5 Å². The highest BCUT2D eigenvalue weighted by molar-refractivity contribution is 7.98. The lowest BCUT2D eigenvalue weighted by Gasteiger charge is -2.06. The van der Waals surface area contributed by atoms with Crippen molar-refractivity contribution in [2.24, 2.45) is 10.9 Å². The summed E-state index contributed by atoms with van der Waals surface area (Å²) in [6.45, 7) is 0.690. The molecule has 4 N–H and O–H groups in total. The number of benzene rings is 1. The van der Waals surface area contributed by atoms with Gasteiger partial charge in [-0.25, -0.2) is 0 Å². The van der Waals surface area contributed by atoms with Gasteiger partial charge < -0.3 is 16.3 Å². The van der Waals surface area contributed by atoms with Gasteiger partial charge in [0, 0.05) is 17.7 Å². The van der Waals surface area contributed by atoms with E-state index in [1.54, 1.807) is 24.3 Å². The first-order valence-corrected chi connectivity index (χ1v) is 7.93. The van der Waals surface area contributed by atoms with Gasteiger partial charge in [0.2, 0.25) is 0 Å². The number of nitrogens with two attached hydrogens (primary N) is 1. The van der Waals surface area contributed by atoms with Crippen LogP contribution >= 0.6 is 11.8 Å². The molecule has 0 fully saturated rings. The van der Waals surface area contributed by atoms with Crippen molar-refractivity contribution in [3.05, 3.63) is 35.4 Å².